The molecule has 5 nitrogen and oxygen atoms in total. The van der Waals surface area contributed by atoms with Crippen molar-refractivity contribution in [1.29, 1.82) is 5.41 Å². The molecule has 3 aromatic rings. The monoisotopic (exact) mass is 576 g/mol. The molecule has 1 unspecified atom stereocenters. The fraction of sp³-hybridized carbons (Fsp3) is 0.333. The molecule has 1 N–H and O–H groups in total. The number of amidine groups is 1. The average molecular weight is 577 g/mol. The number of benzene rings is 3. The zero-order chi connectivity index (χ0) is 29.8. The summed E-state index contributed by atoms with van der Waals surface area (Å²) < 4.78 is 79.7. The van der Waals surface area contributed by atoms with Crippen LogP contribution in [0.3, 0.4) is 0 Å². The Morgan fingerprint density at radius 2 is 1.34 bits per heavy atom. The van der Waals surface area contributed by atoms with Crippen LogP contribution in [0.5, 0.6) is 0 Å². The summed E-state index contributed by atoms with van der Waals surface area (Å²) in [5, 5.41) is 8.55. The van der Waals surface area contributed by atoms with Gasteiger partial charge in [0.05, 0.1) is 11.1 Å². The number of piperazine rings is 1. The summed E-state index contributed by atoms with van der Waals surface area (Å²) >= 11 is 0. The zero-order valence-electron chi connectivity index (χ0n) is 22.3. The highest BCUT2D eigenvalue weighted by atomic mass is 19.4. The second-order valence-electron chi connectivity index (χ2n) is 9.97. The second-order valence-corrected chi connectivity index (χ2v) is 9.97. The molecule has 1 aliphatic heterocycles. The lowest BCUT2D eigenvalue weighted by Gasteiger charge is -2.40. The summed E-state index contributed by atoms with van der Waals surface area (Å²) in [5.41, 5.74) is -1.39. The average Bonchev–Trinajstić information content (AvgIpc) is 2.96. The fourth-order valence-electron chi connectivity index (χ4n) is 4.91. The lowest BCUT2D eigenvalue weighted by molar-refractivity contribution is -0.143. The van der Waals surface area contributed by atoms with E-state index in [1.807, 2.05) is 58.3 Å². The highest BCUT2D eigenvalue weighted by Crippen LogP contribution is 2.36. The van der Waals surface area contributed by atoms with Crippen molar-refractivity contribution in [3.05, 3.63) is 107 Å². The zero-order valence-corrected chi connectivity index (χ0v) is 22.3. The lowest BCUT2D eigenvalue weighted by Crippen LogP contribution is -2.52. The van der Waals surface area contributed by atoms with Gasteiger partial charge in [-0.25, -0.2) is 0 Å². The Bertz CT molecular complexity index is 1300. The first-order valence-corrected chi connectivity index (χ1v) is 13.1. The van der Waals surface area contributed by atoms with Crippen molar-refractivity contribution in [2.24, 2.45) is 0 Å². The van der Waals surface area contributed by atoms with Gasteiger partial charge in [-0.2, -0.15) is 26.3 Å². The lowest BCUT2D eigenvalue weighted by atomic mass is 10.0. The maximum atomic E-state index is 13.7. The van der Waals surface area contributed by atoms with Crippen LogP contribution in [-0.2, 0) is 23.6 Å². The number of likely N-dealkylation sites (N-methyl/N-ethyl adjacent to an activating group) is 1. The highest BCUT2D eigenvalue weighted by Gasteiger charge is 2.37. The Hall–Kier alpha value is -3.86. The van der Waals surface area contributed by atoms with Gasteiger partial charge < -0.3 is 9.80 Å². The third-order valence-electron chi connectivity index (χ3n) is 7.15. The SMILES string of the molecule is CN(CCc1cc(C(F)(F)F)cc(C(F)(F)F)c1)C(=O)C(c1ccccc1)N1CCN(C(=N)c2ccccc2)CC1. The molecule has 0 radical (unpaired) electrons. The maximum absolute atomic E-state index is 13.7. The van der Waals surface area contributed by atoms with Crippen LogP contribution in [0.4, 0.5) is 26.3 Å². The van der Waals surface area contributed by atoms with Crippen molar-refractivity contribution in [2.75, 3.05) is 39.8 Å². The minimum atomic E-state index is -4.94. The summed E-state index contributed by atoms with van der Waals surface area (Å²) in [6.45, 7) is 1.92. The molecule has 1 heterocycles. The van der Waals surface area contributed by atoms with Gasteiger partial charge in [0.15, 0.2) is 0 Å². The number of carbonyl (C=O) groups is 1. The van der Waals surface area contributed by atoms with Crippen molar-refractivity contribution in [1.82, 2.24) is 14.7 Å². The van der Waals surface area contributed by atoms with Crippen LogP contribution in [-0.4, -0.2) is 66.2 Å². The summed E-state index contributed by atoms with van der Waals surface area (Å²) in [6, 6.07) is 19.2. The third kappa shape index (κ3) is 7.46. The van der Waals surface area contributed by atoms with Gasteiger partial charge in [-0.05, 0) is 35.7 Å². The molecule has 1 atom stereocenters. The smallest absolute Gasteiger partial charge is 0.354 e. The van der Waals surface area contributed by atoms with Gasteiger partial charge in [-0.1, -0.05) is 60.7 Å². The Kier molecular flexibility index (Phi) is 9.06. The van der Waals surface area contributed by atoms with Gasteiger partial charge in [0.2, 0.25) is 5.91 Å². The summed E-state index contributed by atoms with van der Waals surface area (Å²) in [6.07, 6.45) is -10.1. The molecular formula is C30H30F6N4O. The molecular weight excluding hydrogens is 546 g/mol. The first kappa shape index (κ1) is 30.1. The van der Waals surface area contributed by atoms with Crippen molar-refractivity contribution in [2.45, 2.75) is 24.8 Å². The first-order chi connectivity index (χ1) is 19.3. The van der Waals surface area contributed by atoms with E-state index in [0.717, 1.165) is 11.1 Å². The number of carbonyl (C=O) groups excluding carboxylic acids is 1. The van der Waals surface area contributed by atoms with Gasteiger partial charge in [0.1, 0.15) is 11.9 Å². The molecule has 0 aliphatic carbocycles. The molecule has 11 heteroatoms. The van der Waals surface area contributed by atoms with Crippen molar-refractivity contribution in [3.8, 4) is 0 Å². The summed E-state index contributed by atoms with van der Waals surface area (Å²) in [4.78, 5) is 19.0. The van der Waals surface area contributed by atoms with E-state index in [0.29, 0.717) is 44.1 Å². The van der Waals surface area contributed by atoms with Gasteiger partial charge in [0.25, 0.3) is 0 Å². The van der Waals surface area contributed by atoms with Crippen molar-refractivity contribution in [3.63, 3.8) is 0 Å². The number of alkyl halides is 6. The van der Waals surface area contributed by atoms with E-state index in [2.05, 4.69) is 0 Å². The molecule has 1 saturated heterocycles. The van der Waals surface area contributed by atoms with Gasteiger partial charge in [-0.15, -0.1) is 0 Å². The molecule has 1 amide bonds. The van der Waals surface area contributed by atoms with Gasteiger partial charge in [-0.3, -0.25) is 15.1 Å². The van der Waals surface area contributed by atoms with Gasteiger partial charge in [0, 0.05) is 45.3 Å². The Balaban J connectivity index is 1.49. The standard InChI is InChI=1S/C30H30F6N4O/c1-38(13-12-21-18-24(29(31,32)33)20-25(19-21)30(34,35)36)28(41)26(22-8-4-2-5-9-22)39-14-16-40(17-15-39)27(37)23-10-6-3-7-11-23/h2-11,18-20,26,37H,12-17H2,1H3. The molecule has 1 aliphatic rings. The molecule has 4 rings (SSSR count). The highest BCUT2D eigenvalue weighted by molar-refractivity contribution is 5.96. The third-order valence-corrected chi connectivity index (χ3v) is 7.15. The van der Waals surface area contributed by atoms with Crippen molar-refractivity contribution < 1.29 is 31.1 Å². The van der Waals surface area contributed by atoms with E-state index in [-0.39, 0.29) is 30.5 Å². The number of nitrogens with zero attached hydrogens (tertiary/aromatic N) is 3. The quantitative estimate of drug-likeness (QED) is 0.210. The molecule has 3 aromatic carbocycles. The van der Waals surface area contributed by atoms with Crippen LogP contribution < -0.4 is 0 Å². The van der Waals surface area contributed by atoms with Crippen LogP contribution in [0.25, 0.3) is 0 Å². The predicted octanol–water partition coefficient (Wildman–Crippen LogP) is 6.11. The normalized spacial score (nSPS) is 15.4. The summed E-state index contributed by atoms with van der Waals surface area (Å²) in [5.74, 6) is 0.0788. The fourth-order valence-corrected chi connectivity index (χ4v) is 4.91. The van der Waals surface area contributed by atoms with E-state index in [9.17, 15) is 31.1 Å². The first-order valence-electron chi connectivity index (χ1n) is 13.1. The Labute approximate surface area is 234 Å². The van der Waals surface area contributed by atoms with Crippen molar-refractivity contribution >= 4 is 11.7 Å². The number of rotatable bonds is 7. The second kappa shape index (κ2) is 12.3. The number of nitrogens with one attached hydrogen (secondary N) is 1. The number of hydrogen-bond acceptors (Lipinski definition) is 3. The molecule has 0 aromatic heterocycles. The van der Waals surface area contributed by atoms with Gasteiger partial charge >= 0.3 is 12.4 Å². The molecule has 0 saturated carbocycles. The van der Waals surface area contributed by atoms with Crippen LogP contribution in [0.2, 0.25) is 0 Å². The van der Waals surface area contributed by atoms with Crippen LogP contribution >= 0.6 is 0 Å². The number of hydrogen-bond donors (Lipinski definition) is 1. The van der Waals surface area contributed by atoms with E-state index >= 15 is 0 Å². The molecule has 41 heavy (non-hydrogen) atoms. The molecule has 0 bridgehead atoms. The van der Waals surface area contributed by atoms with Crippen LogP contribution in [0.1, 0.15) is 33.9 Å². The van der Waals surface area contributed by atoms with Crippen LogP contribution in [0.15, 0.2) is 78.9 Å². The predicted molar refractivity (Wildman–Crippen MR) is 143 cm³/mol. The van der Waals surface area contributed by atoms with Crippen LogP contribution in [0, 0.1) is 5.41 Å². The van der Waals surface area contributed by atoms with E-state index in [1.165, 1.54) is 11.9 Å². The molecule has 1 fully saturated rings. The largest absolute Gasteiger partial charge is 0.416 e. The van der Waals surface area contributed by atoms with E-state index in [4.69, 9.17) is 5.41 Å². The number of amides is 1. The number of halogens is 6. The molecule has 218 valence electrons. The topological polar surface area (TPSA) is 50.6 Å². The Morgan fingerprint density at radius 3 is 1.85 bits per heavy atom. The van der Waals surface area contributed by atoms with E-state index < -0.39 is 29.5 Å². The van der Waals surface area contributed by atoms with E-state index in [1.54, 1.807) is 12.1 Å². The summed E-state index contributed by atoms with van der Waals surface area (Å²) in [7, 11) is 1.50. The molecule has 0 spiro atoms. The Morgan fingerprint density at radius 1 is 0.829 bits per heavy atom. The minimum absolute atomic E-state index is 0.0700. The minimum Gasteiger partial charge on any atom is -0.354 e. The maximum Gasteiger partial charge on any atom is 0.416 e.